The summed E-state index contributed by atoms with van der Waals surface area (Å²) in [6.07, 6.45) is 2.19. The van der Waals surface area contributed by atoms with Crippen LogP contribution in [0.1, 0.15) is 53.9 Å². The number of hydrogen-bond acceptors (Lipinski definition) is 6. The molecule has 0 aromatic heterocycles. The Morgan fingerprint density at radius 3 is 2.32 bits per heavy atom. The number of nitrogens with two attached hydrogens (primary N) is 1. The fraction of sp³-hybridized carbons (Fsp3) is 0.206. The second-order valence-corrected chi connectivity index (χ2v) is 10.6. The van der Waals surface area contributed by atoms with E-state index in [-0.39, 0.29) is 16.9 Å². The number of ether oxygens (including phenoxy) is 3. The van der Waals surface area contributed by atoms with Crippen LogP contribution in [0.5, 0.6) is 17.2 Å². The van der Waals surface area contributed by atoms with Crippen molar-refractivity contribution in [3.05, 3.63) is 113 Å². The lowest BCUT2D eigenvalue weighted by molar-refractivity contribution is 0.0729. The molecule has 210 valence electrons. The molecule has 4 aromatic carbocycles. The van der Waals surface area contributed by atoms with Crippen molar-refractivity contribution in [1.82, 2.24) is 0 Å². The van der Waals surface area contributed by atoms with Crippen molar-refractivity contribution in [2.45, 2.75) is 32.4 Å². The minimum Gasteiger partial charge on any atom is -0.496 e. The Bertz CT molecular complexity index is 1660. The lowest BCUT2D eigenvalue weighted by Gasteiger charge is -2.35. The van der Waals surface area contributed by atoms with Crippen LogP contribution in [0.4, 0.5) is 10.1 Å². The van der Waals surface area contributed by atoms with Gasteiger partial charge >= 0.3 is 5.97 Å². The number of methoxy groups -OCH3 is 2. The molecule has 3 N–H and O–H groups in total. The summed E-state index contributed by atoms with van der Waals surface area (Å²) in [6.45, 7) is 6.33. The molecule has 6 nitrogen and oxygen atoms in total. The van der Waals surface area contributed by atoms with Crippen LogP contribution in [0.3, 0.4) is 0 Å². The van der Waals surface area contributed by atoms with E-state index in [4.69, 9.17) is 19.9 Å². The Balaban J connectivity index is 1.65. The quantitative estimate of drug-likeness (QED) is 0.184. The summed E-state index contributed by atoms with van der Waals surface area (Å²) < 4.78 is 31.1. The Labute approximate surface area is 239 Å². The maximum atomic E-state index is 14.1. The summed E-state index contributed by atoms with van der Waals surface area (Å²) in [5.41, 5.74) is 13.2. The van der Waals surface area contributed by atoms with Crippen LogP contribution in [0.2, 0.25) is 0 Å². The normalized spacial score (nSPS) is 14.3. The highest BCUT2D eigenvalue weighted by atomic mass is 19.1. The van der Waals surface area contributed by atoms with Crippen molar-refractivity contribution in [3.63, 3.8) is 0 Å². The van der Waals surface area contributed by atoms with Crippen molar-refractivity contribution >= 4 is 17.2 Å². The van der Waals surface area contributed by atoms with Gasteiger partial charge in [0, 0.05) is 28.4 Å². The third-order valence-corrected chi connectivity index (χ3v) is 7.23. The molecule has 4 aromatic rings. The first-order valence-electron chi connectivity index (χ1n) is 13.3. The molecule has 41 heavy (non-hydrogen) atoms. The zero-order valence-electron chi connectivity index (χ0n) is 23.7. The van der Waals surface area contributed by atoms with Crippen LogP contribution >= 0.6 is 0 Å². The van der Waals surface area contributed by atoms with Gasteiger partial charge in [-0.3, -0.25) is 0 Å². The fourth-order valence-electron chi connectivity index (χ4n) is 5.53. The summed E-state index contributed by atoms with van der Waals surface area (Å²) in [6, 6.07) is 22.1. The first-order valence-corrected chi connectivity index (χ1v) is 13.3. The number of rotatable bonds is 7. The number of fused-ring (bicyclic) bond motifs is 1. The molecule has 1 heterocycles. The van der Waals surface area contributed by atoms with Gasteiger partial charge in [0.05, 0.1) is 31.4 Å². The Kier molecular flexibility index (Phi) is 7.56. The zero-order chi connectivity index (χ0) is 29.3. The molecule has 1 aliphatic heterocycles. The largest absolute Gasteiger partial charge is 0.496 e. The molecule has 0 fully saturated rings. The first-order chi connectivity index (χ1) is 19.6. The van der Waals surface area contributed by atoms with E-state index in [0.717, 1.165) is 39.1 Å². The molecule has 1 unspecified atom stereocenters. The van der Waals surface area contributed by atoms with Crippen molar-refractivity contribution < 1.29 is 23.4 Å². The standard InChI is InChI=1S/C34H33FN2O4/c1-20-19-34(2,3)37-27-17-16-23(31(30(20)27)32(36)25-11-7-9-13-28(25)39-4)22-15-14-21(18-29(22)40-5)41-33(38)24-10-6-8-12-26(24)35/h6-19,32,37H,36H2,1-5H3. The van der Waals surface area contributed by atoms with E-state index in [9.17, 15) is 9.18 Å². The fourth-order valence-corrected chi connectivity index (χ4v) is 5.53. The molecule has 0 aliphatic carbocycles. The zero-order valence-corrected chi connectivity index (χ0v) is 23.7. The number of esters is 1. The van der Waals surface area contributed by atoms with Crippen LogP contribution in [0, 0.1) is 5.82 Å². The highest BCUT2D eigenvalue weighted by molar-refractivity contribution is 5.92. The van der Waals surface area contributed by atoms with Gasteiger partial charge in [-0.15, -0.1) is 0 Å². The Hall–Kier alpha value is -4.62. The number of carbonyl (C=O) groups is 1. The highest BCUT2D eigenvalue weighted by Crippen LogP contribution is 2.47. The summed E-state index contributed by atoms with van der Waals surface area (Å²) >= 11 is 0. The smallest absolute Gasteiger partial charge is 0.346 e. The van der Waals surface area contributed by atoms with Crippen molar-refractivity contribution in [3.8, 4) is 28.4 Å². The summed E-state index contributed by atoms with van der Waals surface area (Å²) in [7, 11) is 3.18. The predicted molar refractivity (Wildman–Crippen MR) is 160 cm³/mol. The van der Waals surface area contributed by atoms with E-state index >= 15 is 0 Å². The van der Waals surface area contributed by atoms with Gasteiger partial charge in [-0.25, -0.2) is 9.18 Å². The molecule has 0 radical (unpaired) electrons. The first kappa shape index (κ1) is 27.9. The van der Waals surface area contributed by atoms with E-state index in [2.05, 4.69) is 32.2 Å². The number of benzene rings is 4. The molecule has 1 atom stereocenters. The summed E-state index contributed by atoms with van der Waals surface area (Å²) in [4.78, 5) is 12.7. The number of anilines is 1. The van der Waals surface area contributed by atoms with Gasteiger partial charge in [-0.1, -0.05) is 42.5 Å². The van der Waals surface area contributed by atoms with Crippen LogP contribution in [0.25, 0.3) is 16.7 Å². The van der Waals surface area contributed by atoms with Crippen LogP contribution in [-0.2, 0) is 0 Å². The average Bonchev–Trinajstić information content (AvgIpc) is 2.95. The van der Waals surface area contributed by atoms with Crippen molar-refractivity contribution in [2.24, 2.45) is 5.73 Å². The van der Waals surface area contributed by atoms with Crippen molar-refractivity contribution in [1.29, 1.82) is 0 Å². The van der Waals surface area contributed by atoms with Crippen LogP contribution in [-0.4, -0.2) is 25.7 Å². The topological polar surface area (TPSA) is 82.8 Å². The van der Waals surface area contributed by atoms with Crippen LogP contribution in [0.15, 0.2) is 84.9 Å². The lowest BCUT2D eigenvalue weighted by atomic mass is 9.81. The molecule has 5 rings (SSSR count). The van der Waals surface area contributed by atoms with E-state index in [0.29, 0.717) is 11.5 Å². The molecule has 7 heteroatoms. The third kappa shape index (κ3) is 5.41. The second kappa shape index (κ2) is 11.1. The number of hydrogen-bond donors (Lipinski definition) is 2. The molecular formula is C34H33FN2O4. The molecular weight excluding hydrogens is 519 g/mol. The average molecular weight is 553 g/mol. The lowest BCUT2D eigenvalue weighted by Crippen LogP contribution is -2.32. The van der Waals surface area contributed by atoms with Gasteiger partial charge in [0.25, 0.3) is 0 Å². The maximum Gasteiger partial charge on any atom is 0.346 e. The van der Waals surface area contributed by atoms with Gasteiger partial charge in [-0.2, -0.15) is 0 Å². The number of allylic oxidation sites excluding steroid dienone is 1. The number of halogens is 1. The second-order valence-electron chi connectivity index (χ2n) is 10.6. The van der Waals surface area contributed by atoms with Gasteiger partial charge < -0.3 is 25.3 Å². The SMILES string of the molecule is COc1cc(OC(=O)c2ccccc2F)ccc1-c1ccc2c(c1C(N)c1ccccc1OC)C(C)=CC(C)(C)N2. The number of carbonyl (C=O) groups excluding carboxylic acids is 1. The number of para-hydroxylation sites is 1. The third-order valence-electron chi connectivity index (χ3n) is 7.23. The van der Waals surface area contributed by atoms with Gasteiger partial charge in [0.2, 0.25) is 0 Å². The minimum atomic E-state index is -0.792. The summed E-state index contributed by atoms with van der Waals surface area (Å²) in [5.74, 6) is -0.0446. The van der Waals surface area contributed by atoms with Crippen LogP contribution < -0.4 is 25.3 Å². The Morgan fingerprint density at radius 1 is 0.902 bits per heavy atom. The van der Waals surface area contributed by atoms with E-state index in [1.165, 1.54) is 18.2 Å². The number of nitrogens with one attached hydrogen (secondary N) is 1. The van der Waals surface area contributed by atoms with Gasteiger partial charge in [-0.05, 0) is 73.9 Å². The van der Waals surface area contributed by atoms with E-state index in [1.807, 2.05) is 42.5 Å². The molecule has 0 saturated carbocycles. The molecule has 0 amide bonds. The Morgan fingerprint density at radius 2 is 1.59 bits per heavy atom. The molecule has 1 aliphatic rings. The van der Waals surface area contributed by atoms with Gasteiger partial charge in [0.15, 0.2) is 0 Å². The van der Waals surface area contributed by atoms with Gasteiger partial charge in [0.1, 0.15) is 23.1 Å². The molecule has 0 spiro atoms. The molecule has 0 bridgehead atoms. The molecule has 0 saturated heterocycles. The van der Waals surface area contributed by atoms with E-state index < -0.39 is 17.8 Å². The van der Waals surface area contributed by atoms with E-state index in [1.54, 1.807) is 32.4 Å². The monoisotopic (exact) mass is 552 g/mol. The maximum absolute atomic E-state index is 14.1. The van der Waals surface area contributed by atoms with Crippen molar-refractivity contribution in [2.75, 3.05) is 19.5 Å². The minimum absolute atomic E-state index is 0.145. The summed E-state index contributed by atoms with van der Waals surface area (Å²) in [5, 5.41) is 3.62. The highest BCUT2D eigenvalue weighted by Gasteiger charge is 2.30. The predicted octanol–water partition coefficient (Wildman–Crippen LogP) is 7.38.